The number of aromatic nitrogens is 1. The summed E-state index contributed by atoms with van der Waals surface area (Å²) in [6.07, 6.45) is 0.957. The van der Waals surface area contributed by atoms with Gasteiger partial charge in [0.05, 0.1) is 10.7 Å². The van der Waals surface area contributed by atoms with E-state index in [1.54, 1.807) is 17.4 Å². The molecule has 1 heterocycles. The van der Waals surface area contributed by atoms with Gasteiger partial charge in [0.15, 0.2) is 0 Å². The molecule has 15 heavy (non-hydrogen) atoms. The van der Waals surface area contributed by atoms with Crippen LogP contribution in [0.2, 0.25) is 10.0 Å². The van der Waals surface area contributed by atoms with Gasteiger partial charge in [-0.3, -0.25) is 0 Å². The van der Waals surface area contributed by atoms with Crippen LogP contribution in [-0.2, 0) is 6.42 Å². The third kappa shape index (κ3) is 2.51. The molecule has 0 fully saturated rings. The highest BCUT2D eigenvalue weighted by molar-refractivity contribution is 7.09. The highest BCUT2D eigenvalue weighted by Gasteiger charge is 2.05. The number of rotatable bonds is 2. The van der Waals surface area contributed by atoms with E-state index >= 15 is 0 Å². The molecule has 0 N–H and O–H groups in total. The van der Waals surface area contributed by atoms with Gasteiger partial charge in [0, 0.05) is 21.0 Å². The van der Waals surface area contributed by atoms with Gasteiger partial charge in [0.25, 0.3) is 0 Å². The van der Waals surface area contributed by atoms with Gasteiger partial charge >= 0.3 is 0 Å². The predicted molar refractivity (Wildman–Crippen MR) is 66.9 cm³/mol. The zero-order valence-corrected chi connectivity index (χ0v) is 10.5. The summed E-state index contributed by atoms with van der Waals surface area (Å²) in [5, 5.41) is 4.44. The molecule has 0 radical (unpaired) electrons. The maximum atomic E-state index is 5.93. The van der Waals surface area contributed by atoms with Crippen LogP contribution in [0.1, 0.15) is 11.9 Å². The van der Waals surface area contributed by atoms with E-state index in [1.807, 2.05) is 17.5 Å². The first kappa shape index (κ1) is 10.9. The molecule has 0 saturated carbocycles. The van der Waals surface area contributed by atoms with Crippen molar-refractivity contribution in [1.82, 2.24) is 4.98 Å². The molecule has 78 valence electrons. The summed E-state index contributed by atoms with van der Waals surface area (Å²) in [5.74, 6) is 0. The Bertz CT molecular complexity index is 459. The van der Waals surface area contributed by atoms with Crippen molar-refractivity contribution < 1.29 is 0 Å². The van der Waals surface area contributed by atoms with Crippen LogP contribution < -0.4 is 0 Å². The van der Waals surface area contributed by atoms with Crippen LogP contribution in [0, 0.1) is 0 Å². The summed E-state index contributed by atoms with van der Waals surface area (Å²) >= 11 is 13.5. The van der Waals surface area contributed by atoms with E-state index in [1.165, 1.54) is 0 Å². The average molecular weight is 258 g/mol. The quantitative estimate of drug-likeness (QED) is 0.762. The van der Waals surface area contributed by atoms with Crippen LogP contribution in [0.5, 0.6) is 0 Å². The van der Waals surface area contributed by atoms with Gasteiger partial charge in [0.2, 0.25) is 0 Å². The number of halogens is 2. The molecule has 0 saturated heterocycles. The summed E-state index contributed by atoms with van der Waals surface area (Å²) in [5.41, 5.74) is 1.92. The number of hydrogen-bond donors (Lipinski definition) is 0. The lowest BCUT2D eigenvalue weighted by Crippen LogP contribution is -1.81. The molecule has 0 atom stereocenters. The van der Waals surface area contributed by atoms with Crippen molar-refractivity contribution >= 4 is 34.5 Å². The van der Waals surface area contributed by atoms with Crippen molar-refractivity contribution in [3.05, 3.63) is 38.6 Å². The van der Waals surface area contributed by atoms with Gasteiger partial charge in [-0.05, 0) is 24.6 Å². The Labute approximate surface area is 103 Å². The lowest BCUT2D eigenvalue weighted by molar-refractivity contribution is 1.10. The van der Waals surface area contributed by atoms with E-state index in [4.69, 9.17) is 23.2 Å². The Morgan fingerprint density at radius 1 is 1.20 bits per heavy atom. The molecule has 1 aromatic carbocycles. The van der Waals surface area contributed by atoms with E-state index < -0.39 is 0 Å². The largest absolute Gasteiger partial charge is 0.241 e. The Kier molecular flexibility index (Phi) is 3.29. The first-order valence-corrected chi connectivity index (χ1v) is 6.23. The zero-order valence-electron chi connectivity index (χ0n) is 8.13. The third-order valence-electron chi connectivity index (χ3n) is 2.01. The lowest BCUT2D eigenvalue weighted by atomic mass is 10.2. The van der Waals surface area contributed by atoms with E-state index in [-0.39, 0.29) is 0 Å². The standard InChI is InChI=1S/C11H9Cl2NS/c1-2-11-14-10(6-15-11)7-3-8(12)5-9(13)4-7/h3-6H,2H2,1H3. The molecule has 0 unspecified atom stereocenters. The van der Waals surface area contributed by atoms with E-state index in [2.05, 4.69) is 11.9 Å². The van der Waals surface area contributed by atoms with E-state index in [0.717, 1.165) is 22.7 Å². The minimum atomic E-state index is 0.642. The van der Waals surface area contributed by atoms with Crippen molar-refractivity contribution in [2.45, 2.75) is 13.3 Å². The maximum absolute atomic E-state index is 5.93. The predicted octanol–water partition coefficient (Wildman–Crippen LogP) is 4.68. The third-order valence-corrected chi connectivity index (χ3v) is 3.44. The Hall–Kier alpha value is -0.570. The van der Waals surface area contributed by atoms with Gasteiger partial charge < -0.3 is 0 Å². The topological polar surface area (TPSA) is 12.9 Å². The summed E-state index contributed by atoms with van der Waals surface area (Å²) < 4.78 is 0. The Morgan fingerprint density at radius 3 is 2.40 bits per heavy atom. The monoisotopic (exact) mass is 257 g/mol. The van der Waals surface area contributed by atoms with Crippen molar-refractivity contribution in [1.29, 1.82) is 0 Å². The fourth-order valence-corrected chi connectivity index (χ4v) is 2.59. The Balaban J connectivity index is 2.44. The molecule has 1 nitrogen and oxygen atoms in total. The second-order valence-electron chi connectivity index (χ2n) is 3.14. The number of aryl methyl sites for hydroxylation is 1. The highest BCUT2D eigenvalue weighted by Crippen LogP contribution is 2.28. The van der Waals surface area contributed by atoms with Gasteiger partial charge in [-0.25, -0.2) is 4.98 Å². The molecule has 0 bridgehead atoms. The second kappa shape index (κ2) is 4.52. The van der Waals surface area contributed by atoms with Crippen molar-refractivity contribution in [2.24, 2.45) is 0 Å². The number of nitrogens with zero attached hydrogens (tertiary/aromatic N) is 1. The normalized spacial score (nSPS) is 10.6. The second-order valence-corrected chi connectivity index (χ2v) is 4.95. The summed E-state index contributed by atoms with van der Waals surface area (Å²) in [6, 6.07) is 5.48. The van der Waals surface area contributed by atoms with Gasteiger partial charge in [-0.2, -0.15) is 0 Å². The molecule has 4 heteroatoms. The van der Waals surface area contributed by atoms with Crippen LogP contribution in [0.15, 0.2) is 23.6 Å². The maximum Gasteiger partial charge on any atom is 0.0929 e. The van der Waals surface area contributed by atoms with Gasteiger partial charge in [-0.15, -0.1) is 11.3 Å². The summed E-state index contributed by atoms with van der Waals surface area (Å²) in [7, 11) is 0. The van der Waals surface area contributed by atoms with Crippen LogP contribution in [0.25, 0.3) is 11.3 Å². The van der Waals surface area contributed by atoms with Crippen molar-refractivity contribution in [3.63, 3.8) is 0 Å². The van der Waals surface area contributed by atoms with Gasteiger partial charge in [0.1, 0.15) is 0 Å². The first-order chi connectivity index (χ1) is 7.19. The molecular weight excluding hydrogens is 249 g/mol. The highest BCUT2D eigenvalue weighted by atomic mass is 35.5. The van der Waals surface area contributed by atoms with Crippen LogP contribution >= 0.6 is 34.5 Å². The van der Waals surface area contributed by atoms with E-state index in [0.29, 0.717) is 10.0 Å². The fourth-order valence-electron chi connectivity index (χ4n) is 1.31. The van der Waals surface area contributed by atoms with Crippen LogP contribution in [0.4, 0.5) is 0 Å². The summed E-state index contributed by atoms with van der Waals surface area (Å²) in [6.45, 7) is 2.09. The smallest absolute Gasteiger partial charge is 0.0929 e. The van der Waals surface area contributed by atoms with Crippen molar-refractivity contribution in [2.75, 3.05) is 0 Å². The minimum Gasteiger partial charge on any atom is -0.241 e. The molecule has 2 aromatic rings. The average Bonchev–Trinajstić information content (AvgIpc) is 2.64. The molecular formula is C11H9Cl2NS. The number of thiazole rings is 1. The molecule has 0 aliphatic rings. The molecule has 1 aromatic heterocycles. The molecule has 0 aliphatic carbocycles. The van der Waals surface area contributed by atoms with Crippen LogP contribution in [-0.4, -0.2) is 4.98 Å². The van der Waals surface area contributed by atoms with Crippen LogP contribution in [0.3, 0.4) is 0 Å². The molecule has 0 amide bonds. The lowest BCUT2D eigenvalue weighted by Gasteiger charge is -1.99. The molecule has 0 aliphatic heterocycles. The SMILES string of the molecule is CCc1nc(-c2cc(Cl)cc(Cl)c2)cs1. The fraction of sp³-hybridized carbons (Fsp3) is 0.182. The minimum absolute atomic E-state index is 0.642. The zero-order chi connectivity index (χ0) is 10.8. The Morgan fingerprint density at radius 2 is 1.87 bits per heavy atom. The number of benzene rings is 1. The summed E-state index contributed by atoms with van der Waals surface area (Å²) in [4.78, 5) is 4.48. The molecule has 0 spiro atoms. The molecule has 2 rings (SSSR count). The first-order valence-electron chi connectivity index (χ1n) is 4.60. The van der Waals surface area contributed by atoms with Gasteiger partial charge in [-0.1, -0.05) is 30.1 Å². The van der Waals surface area contributed by atoms with Crippen molar-refractivity contribution in [3.8, 4) is 11.3 Å². The van der Waals surface area contributed by atoms with E-state index in [9.17, 15) is 0 Å². The number of hydrogen-bond acceptors (Lipinski definition) is 2.